The van der Waals surface area contributed by atoms with Crippen LogP contribution in [0.15, 0.2) is 30.9 Å². The lowest BCUT2D eigenvalue weighted by atomic mass is 10.2. The second-order valence-electron chi connectivity index (χ2n) is 7.87. The summed E-state index contributed by atoms with van der Waals surface area (Å²) in [6, 6.07) is 3.83. The number of ether oxygens (including phenoxy) is 3. The quantitative estimate of drug-likeness (QED) is 0.570. The summed E-state index contributed by atoms with van der Waals surface area (Å²) in [6.07, 6.45) is 7.68. The molecule has 9 heteroatoms. The first kappa shape index (κ1) is 19.6. The lowest BCUT2D eigenvalue weighted by Crippen LogP contribution is -2.47. The van der Waals surface area contributed by atoms with Gasteiger partial charge in [0.2, 0.25) is 5.95 Å². The summed E-state index contributed by atoms with van der Waals surface area (Å²) in [7, 11) is 3.26. The fourth-order valence-electron chi connectivity index (χ4n) is 3.79. The van der Waals surface area contributed by atoms with Crippen LogP contribution in [0, 0.1) is 5.92 Å². The molecule has 1 saturated carbocycles. The molecule has 1 saturated heterocycles. The monoisotopic (exact) mass is 422 g/mol. The van der Waals surface area contributed by atoms with Crippen molar-refractivity contribution in [1.29, 1.82) is 0 Å². The van der Waals surface area contributed by atoms with Crippen molar-refractivity contribution >= 4 is 22.7 Å². The summed E-state index contributed by atoms with van der Waals surface area (Å²) in [5, 5.41) is 0.946. The number of piperazine rings is 1. The lowest BCUT2D eigenvalue weighted by molar-refractivity contribution is 0.297. The Bertz CT molecular complexity index is 1050. The number of aromatic nitrogens is 4. The molecule has 9 nitrogen and oxygen atoms in total. The molecule has 0 N–H and O–H groups in total. The lowest BCUT2D eigenvalue weighted by Gasteiger charge is -2.35. The van der Waals surface area contributed by atoms with Gasteiger partial charge >= 0.3 is 0 Å². The molecule has 0 unspecified atom stereocenters. The second-order valence-corrected chi connectivity index (χ2v) is 7.87. The van der Waals surface area contributed by atoms with Gasteiger partial charge in [0, 0.05) is 37.6 Å². The van der Waals surface area contributed by atoms with E-state index in [1.165, 1.54) is 12.8 Å². The fraction of sp³-hybridized carbons (Fsp3) is 0.455. The van der Waals surface area contributed by atoms with Crippen LogP contribution >= 0.6 is 0 Å². The molecule has 1 aliphatic carbocycles. The van der Waals surface area contributed by atoms with Crippen LogP contribution in [0.5, 0.6) is 17.2 Å². The first-order valence-corrected chi connectivity index (χ1v) is 10.6. The van der Waals surface area contributed by atoms with Crippen LogP contribution in [0.2, 0.25) is 0 Å². The Kier molecular flexibility index (Phi) is 5.31. The van der Waals surface area contributed by atoms with Gasteiger partial charge in [-0.25, -0.2) is 19.9 Å². The van der Waals surface area contributed by atoms with E-state index in [1.807, 2.05) is 12.1 Å². The zero-order valence-electron chi connectivity index (χ0n) is 17.8. The Morgan fingerprint density at radius 1 is 0.871 bits per heavy atom. The van der Waals surface area contributed by atoms with E-state index in [0.717, 1.165) is 61.2 Å². The van der Waals surface area contributed by atoms with Gasteiger partial charge in [-0.3, -0.25) is 0 Å². The summed E-state index contributed by atoms with van der Waals surface area (Å²) in [5.74, 6) is 4.42. The first-order chi connectivity index (χ1) is 15.2. The van der Waals surface area contributed by atoms with Crippen LogP contribution in [0.25, 0.3) is 10.9 Å². The van der Waals surface area contributed by atoms with Gasteiger partial charge in [-0.1, -0.05) is 0 Å². The molecule has 0 bridgehead atoms. The number of methoxy groups -OCH3 is 2. The van der Waals surface area contributed by atoms with Crippen molar-refractivity contribution in [2.75, 3.05) is 56.8 Å². The molecular weight excluding hydrogens is 396 g/mol. The van der Waals surface area contributed by atoms with Crippen LogP contribution in [0.4, 0.5) is 11.8 Å². The molecule has 2 aliphatic rings. The minimum Gasteiger partial charge on any atom is -0.493 e. The molecule has 1 aromatic carbocycles. The summed E-state index contributed by atoms with van der Waals surface area (Å²) in [6.45, 7) is 4.00. The third-order valence-corrected chi connectivity index (χ3v) is 5.78. The first-order valence-electron chi connectivity index (χ1n) is 10.6. The van der Waals surface area contributed by atoms with Gasteiger partial charge in [0.25, 0.3) is 0 Å². The van der Waals surface area contributed by atoms with E-state index in [9.17, 15) is 0 Å². The number of hydrogen-bond acceptors (Lipinski definition) is 9. The van der Waals surface area contributed by atoms with Crippen molar-refractivity contribution in [2.45, 2.75) is 12.8 Å². The fourth-order valence-corrected chi connectivity index (χ4v) is 3.79. The number of hydrogen-bond donors (Lipinski definition) is 0. The van der Waals surface area contributed by atoms with Crippen molar-refractivity contribution in [3.8, 4) is 17.2 Å². The van der Waals surface area contributed by atoms with Crippen LogP contribution < -0.4 is 24.0 Å². The molecule has 3 aromatic rings. The summed E-state index contributed by atoms with van der Waals surface area (Å²) in [5.41, 5.74) is 0.829. The number of nitrogens with zero attached hydrogens (tertiary/aromatic N) is 6. The average molecular weight is 422 g/mol. The normalized spacial score (nSPS) is 16.5. The van der Waals surface area contributed by atoms with Crippen molar-refractivity contribution < 1.29 is 14.2 Å². The largest absolute Gasteiger partial charge is 0.493 e. The van der Waals surface area contributed by atoms with E-state index < -0.39 is 0 Å². The van der Waals surface area contributed by atoms with Gasteiger partial charge in [-0.05, 0) is 24.8 Å². The van der Waals surface area contributed by atoms with Crippen LogP contribution in [-0.4, -0.2) is 66.9 Å². The Balaban J connectivity index is 1.28. The zero-order chi connectivity index (χ0) is 21.2. The van der Waals surface area contributed by atoms with E-state index in [2.05, 4.69) is 29.7 Å². The van der Waals surface area contributed by atoms with E-state index in [1.54, 1.807) is 32.9 Å². The molecule has 3 heterocycles. The van der Waals surface area contributed by atoms with Gasteiger partial charge in [-0.15, -0.1) is 0 Å². The highest BCUT2D eigenvalue weighted by Gasteiger charge is 2.24. The van der Waals surface area contributed by atoms with Gasteiger partial charge in [0.15, 0.2) is 17.2 Å². The molecule has 5 rings (SSSR count). The maximum Gasteiger partial charge on any atom is 0.225 e. The molecule has 1 aliphatic heterocycles. The van der Waals surface area contributed by atoms with Gasteiger partial charge in [0.1, 0.15) is 12.1 Å². The van der Waals surface area contributed by atoms with Crippen LogP contribution in [0.3, 0.4) is 0 Å². The molecule has 0 atom stereocenters. The standard InChI is InChI=1S/C22H26N6O3/c1-29-19-9-17-18(10-20(19)30-2)25-14-26-21(17)27-5-7-28(8-6-27)22-23-11-16(12-24-22)31-13-15-3-4-15/h9-12,14-15H,3-8,13H2,1-2H3. The minimum absolute atomic E-state index is 0.658. The van der Waals surface area contributed by atoms with Crippen molar-refractivity contribution in [3.63, 3.8) is 0 Å². The highest BCUT2D eigenvalue weighted by Crippen LogP contribution is 2.35. The predicted molar refractivity (Wildman–Crippen MR) is 117 cm³/mol. The molecule has 2 aromatic heterocycles. The number of anilines is 2. The number of rotatable bonds is 7. The summed E-state index contributed by atoms with van der Waals surface area (Å²) < 4.78 is 16.6. The molecule has 0 spiro atoms. The molecular formula is C22H26N6O3. The maximum atomic E-state index is 5.74. The number of fused-ring (bicyclic) bond motifs is 1. The smallest absolute Gasteiger partial charge is 0.225 e. The molecule has 31 heavy (non-hydrogen) atoms. The predicted octanol–water partition coefficient (Wildman–Crippen LogP) is 2.55. The van der Waals surface area contributed by atoms with E-state index >= 15 is 0 Å². The van der Waals surface area contributed by atoms with E-state index in [4.69, 9.17) is 14.2 Å². The molecule has 162 valence electrons. The molecule has 0 radical (unpaired) electrons. The summed E-state index contributed by atoms with van der Waals surface area (Å²) in [4.78, 5) is 22.4. The van der Waals surface area contributed by atoms with Crippen LogP contribution in [0.1, 0.15) is 12.8 Å². The minimum atomic E-state index is 0.658. The van der Waals surface area contributed by atoms with Crippen molar-refractivity contribution in [1.82, 2.24) is 19.9 Å². The third kappa shape index (κ3) is 4.12. The Morgan fingerprint density at radius 3 is 2.23 bits per heavy atom. The summed E-state index contributed by atoms with van der Waals surface area (Å²) >= 11 is 0. The van der Waals surface area contributed by atoms with Gasteiger partial charge in [0.05, 0.1) is 38.7 Å². The zero-order valence-corrected chi connectivity index (χ0v) is 17.8. The molecule has 0 amide bonds. The Labute approximate surface area is 181 Å². The highest BCUT2D eigenvalue weighted by molar-refractivity contribution is 5.92. The van der Waals surface area contributed by atoms with E-state index in [0.29, 0.717) is 17.4 Å². The average Bonchev–Trinajstić information content (AvgIpc) is 3.66. The molecule has 2 fully saturated rings. The van der Waals surface area contributed by atoms with Crippen molar-refractivity contribution in [3.05, 3.63) is 30.9 Å². The third-order valence-electron chi connectivity index (χ3n) is 5.78. The van der Waals surface area contributed by atoms with E-state index in [-0.39, 0.29) is 0 Å². The number of benzene rings is 1. The Hall–Kier alpha value is -3.36. The van der Waals surface area contributed by atoms with Gasteiger partial charge < -0.3 is 24.0 Å². The topological polar surface area (TPSA) is 85.7 Å². The highest BCUT2D eigenvalue weighted by atomic mass is 16.5. The van der Waals surface area contributed by atoms with Crippen molar-refractivity contribution in [2.24, 2.45) is 5.92 Å². The second kappa shape index (κ2) is 8.41. The Morgan fingerprint density at radius 2 is 1.55 bits per heavy atom. The van der Waals surface area contributed by atoms with Crippen LogP contribution in [-0.2, 0) is 0 Å². The maximum absolute atomic E-state index is 5.74. The SMILES string of the molecule is COc1cc2ncnc(N3CCN(c4ncc(OCC5CC5)cn4)CC3)c2cc1OC. The van der Waals surface area contributed by atoms with Gasteiger partial charge in [-0.2, -0.15) is 0 Å².